The molecule has 4 rings (SSSR count). The molecule has 0 unspecified atom stereocenters. The van der Waals surface area contributed by atoms with Gasteiger partial charge in [0.2, 0.25) is 0 Å². The smallest absolute Gasteiger partial charge is 0.323 e. The molecule has 2 aliphatic rings. The highest BCUT2D eigenvalue weighted by Gasteiger charge is 2.29. The molecule has 1 aromatic heterocycles. The Balaban J connectivity index is 1.34. The molecule has 28 heavy (non-hydrogen) atoms. The van der Waals surface area contributed by atoms with E-state index in [0.717, 1.165) is 25.9 Å². The minimum Gasteiger partial charge on any atom is -0.457 e. The van der Waals surface area contributed by atoms with Crippen LogP contribution in [0, 0.1) is 5.82 Å². The summed E-state index contributed by atoms with van der Waals surface area (Å²) in [4.78, 5) is 21.0. The van der Waals surface area contributed by atoms with E-state index in [9.17, 15) is 9.18 Å². The Bertz CT molecular complexity index is 850. The van der Waals surface area contributed by atoms with Crippen LogP contribution in [0.3, 0.4) is 0 Å². The molecule has 2 aliphatic heterocycles. The number of ether oxygens (including phenoxy) is 1. The van der Waals surface area contributed by atoms with E-state index in [1.165, 1.54) is 37.8 Å². The molecule has 3 heterocycles. The predicted molar refractivity (Wildman–Crippen MR) is 105 cm³/mol. The van der Waals surface area contributed by atoms with Gasteiger partial charge in [0.05, 0.1) is 5.69 Å². The van der Waals surface area contributed by atoms with Gasteiger partial charge in [-0.15, -0.1) is 0 Å². The number of hydrogen-bond acceptors (Lipinski definition) is 5. The third-order valence-corrected chi connectivity index (χ3v) is 5.33. The van der Waals surface area contributed by atoms with E-state index in [2.05, 4.69) is 15.2 Å². The van der Waals surface area contributed by atoms with Crippen molar-refractivity contribution in [3.63, 3.8) is 0 Å². The summed E-state index contributed by atoms with van der Waals surface area (Å²) in [5.41, 5.74) is 5.54. The average molecular weight is 385 g/mol. The van der Waals surface area contributed by atoms with Crippen molar-refractivity contribution in [2.24, 2.45) is 0 Å². The summed E-state index contributed by atoms with van der Waals surface area (Å²) in [5.74, 6) is 0.624. The van der Waals surface area contributed by atoms with Crippen LogP contribution in [0.5, 0.6) is 11.5 Å². The number of benzene rings is 1. The summed E-state index contributed by atoms with van der Waals surface area (Å²) in [6, 6.07) is 7.94. The fourth-order valence-electron chi connectivity index (χ4n) is 3.58. The first kappa shape index (κ1) is 18.5. The minimum absolute atomic E-state index is 0.0629. The molecule has 0 radical (unpaired) electrons. The number of piperidine rings is 1. The van der Waals surface area contributed by atoms with Gasteiger partial charge in [0, 0.05) is 37.5 Å². The summed E-state index contributed by atoms with van der Waals surface area (Å²) >= 11 is 0. The summed E-state index contributed by atoms with van der Waals surface area (Å²) in [6.07, 6.45) is 4.84. The lowest BCUT2D eigenvalue weighted by Crippen LogP contribution is -2.51. The molecule has 2 fully saturated rings. The molecule has 0 saturated carbocycles. The SMILES string of the molecule is Nc1ccc(Oc2ccnc(NC(=O)N3CCC(N4CCC4)CC3)c2)cc1F. The number of halogens is 1. The number of carbonyl (C=O) groups excluding carboxylic acids is 1. The lowest BCUT2D eigenvalue weighted by molar-refractivity contribution is 0.0734. The number of pyridine rings is 1. The number of rotatable bonds is 4. The van der Waals surface area contributed by atoms with Gasteiger partial charge in [-0.1, -0.05) is 0 Å². The summed E-state index contributed by atoms with van der Waals surface area (Å²) in [6.45, 7) is 3.86. The van der Waals surface area contributed by atoms with Gasteiger partial charge in [-0.3, -0.25) is 5.32 Å². The number of nitrogens with zero attached hydrogens (tertiary/aromatic N) is 3. The first-order valence-electron chi connectivity index (χ1n) is 9.57. The second-order valence-corrected chi connectivity index (χ2v) is 7.20. The Morgan fingerprint density at radius 3 is 2.57 bits per heavy atom. The maximum atomic E-state index is 13.6. The Labute approximate surface area is 163 Å². The average Bonchev–Trinajstić information content (AvgIpc) is 2.64. The van der Waals surface area contributed by atoms with E-state index in [1.807, 2.05) is 4.90 Å². The predicted octanol–water partition coefficient (Wildman–Crippen LogP) is 3.30. The van der Waals surface area contributed by atoms with Crippen LogP contribution in [0.2, 0.25) is 0 Å². The topological polar surface area (TPSA) is 83.7 Å². The largest absolute Gasteiger partial charge is 0.457 e. The van der Waals surface area contributed by atoms with E-state index in [4.69, 9.17) is 10.5 Å². The minimum atomic E-state index is -0.540. The van der Waals surface area contributed by atoms with Crippen molar-refractivity contribution in [3.05, 3.63) is 42.3 Å². The van der Waals surface area contributed by atoms with Gasteiger partial charge in [-0.2, -0.15) is 0 Å². The van der Waals surface area contributed by atoms with Crippen molar-refractivity contribution < 1.29 is 13.9 Å². The molecule has 2 saturated heterocycles. The van der Waals surface area contributed by atoms with Gasteiger partial charge in [0.25, 0.3) is 0 Å². The van der Waals surface area contributed by atoms with Crippen molar-refractivity contribution in [2.45, 2.75) is 25.3 Å². The normalized spacial score (nSPS) is 17.8. The quantitative estimate of drug-likeness (QED) is 0.789. The Morgan fingerprint density at radius 2 is 1.89 bits per heavy atom. The third-order valence-electron chi connectivity index (χ3n) is 5.33. The van der Waals surface area contributed by atoms with E-state index in [-0.39, 0.29) is 11.7 Å². The number of nitrogens with two attached hydrogens (primary N) is 1. The van der Waals surface area contributed by atoms with Crippen LogP contribution in [-0.4, -0.2) is 53.0 Å². The standard InChI is InChI=1S/C20H24FN5O2/c21-17-12-15(2-3-18(17)22)28-16-4-7-23-19(13-16)24-20(27)26-10-5-14(6-11-26)25-8-1-9-25/h2-4,7,12-14H,1,5-6,8-11,22H2,(H,23,24,27). The molecule has 0 aliphatic carbocycles. The molecule has 3 N–H and O–H groups in total. The molecule has 148 valence electrons. The molecule has 0 spiro atoms. The number of hydrogen-bond donors (Lipinski definition) is 2. The molecule has 2 amide bonds. The number of likely N-dealkylation sites (tertiary alicyclic amines) is 2. The molecule has 0 atom stereocenters. The van der Waals surface area contributed by atoms with E-state index >= 15 is 0 Å². The van der Waals surface area contributed by atoms with Crippen molar-refractivity contribution in [1.29, 1.82) is 0 Å². The first-order valence-corrected chi connectivity index (χ1v) is 9.57. The number of anilines is 2. The monoisotopic (exact) mass is 385 g/mol. The van der Waals surface area contributed by atoms with E-state index < -0.39 is 5.82 Å². The van der Waals surface area contributed by atoms with Gasteiger partial charge < -0.3 is 20.3 Å². The second-order valence-electron chi connectivity index (χ2n) is 7.20. The van der Waals surface area contributed by atoms with Crippen LogP contribution in [0.1, 0.15) is 19.3 Å². The van der Waals surface area contributed by atoms with Crippen LogP contribution in [0.25, 0.3) is 0 Å². The third kappa shape index (κ3) is 4.17. The summed E-state index contributed by atoms with van der Waals surface area (Å²) in [7, 11) is 0. The zero-order chi connectivity index (χ0) is 19.5. The summed E-state index contributed by atoms with van der Waals surface area (Å²) < 4.78 is 19.2. The van der Waals surface area contributed by atoms with Crippen molar-refractivity contribution in [3.8, 4) is 11.5 Å². The molecule has 0 bridgehead atoms. The van der Waals surface area contributed by atoms with Crippen LogP contribution in [0.15, 0.2) is 36.5 Å². The van der Waals surface area contributed by atoms with Crippen LogP contribution in [0.4, 0.5) is 20.7 Å². The number of nitrogens with one attached hydrogen (secondary N) is 1. The van der Waals surface area contributed by atoms with Gasteiger partial charge in [0.15, 0.2) is 0 Å². The number of urea groups is 1. The molecule has 7 nitrogen and oxygen atoms in total. The highest BCUT2D eigenvalue weighted by atomic mass is 19.1. The maximum absolute atomic E-state index is 13.6. The Hall–Kier alpha value is -2.87. The zero-order valence-electron chi connectivity index (χ0n) is 15.6. The zero-order valence-corrected chi connectivity index (χ0v) is 15.6. The van der Waals surface area contributed by atoms with E-state index in [0.29, 0.717) is 23.4 Å². The van der Waals surface area contributed by atoms with Crippen molar-refractivity contribution >= 4 is 17.5 Å². The van der Waals surface area contributed by atoms with Gasteiger partial charge in [-0.25, -0.2) is 14.2 Å². The van der Waals surface area contributed by atoms with Crippen LogP contribution in [-0.2, 0) is 0 Å². The lowest BCUT2D eigenvalue weighted by Gasteiger charge is -2.42. The first-order chi connectivity index (χ1) is 13.6. The fourth-order valence-corrected chi connectivity index (χ4v) is 3.58. The number of amides is 2. The van der Waals surface area contributed by atoms with Gasteiger partial charge in [-0.05, 0) is 50.6 Å². The van der Waals surface area contributed by atoms with Crippen LogP contribution < -0.4 is 15.8 Å². The van der Waals surface area contributed by atoms with Crippen molar-refractivity contribution in [1.82, 2.24) is 14.8 Å². The van der Waals surface area contributed by atoms with E-state index in [1.54, 1.807) is 18.2 Å². The molecule has 2 aromatic rings. The fraction of sp³-hybridized carbons (Fsp3) is 0.400. The summed E-state index contributed by atoms with van der Waals surface area (Å²) in [5, 5.41) is 2.82. The Kier molecular flexibility index (Phi) is 5.29. The molecule has 1 aromatic carbocycles. The molecule has 8 heteroatoms. The molecular formula is C20H24FN5O2. The molecular weight excluding hydrogens is 361 g/mol. The number of nitrogen functional groups attached to an aromatic ring is 1. The highest BCUT2D eigenvalue weighted by molar-refractivity contribution is 5.88. The lowest BCUT2D eigenvalue weighted by atomic mass is 10.00. The Morgan fingerprint density at radius 1 is 1.14 bits per heavy atom. The number of carbonyl (C=O) groups is 1. The van der Waals surface area contributed by atoms with Crippen molar-refractivity contribution in [2.75, 3.05) is 37.2 Å². The second kappa shape index (κ2) is 8.02. The van der Waals surface area contributed by atoms with Gasteiger partial charge >= 0.3 is 6.03 Å². The number of aromatic nitrogens is 1. The van der Waals surface area contributed by atoms with Crippen LogP contribution >= 0.6 is 0 Å². The van der Waals surface area contributed by atoms with Gasteiger partial charge in [0.1, 0.15) is 23.1 Å². The maximum Gasteiger partial charge on any atom is 0.323 e. The highest BCUT2D eigenvalue weighted by Crippen LogP contribution is 2.26.